The summed E-state index contributed by atoms with van der Waals surface area (Å²) < 4.78 is 5.57. The van der Waals surface area contributed by atoms with Gasteiger partial charge in [-0.15, -0.1) is 0 Å². The van der Waals surface area contributed by atoms with Gasteiger partial charge in [0.25, 0.3) is 0 Å². The summed E-state index contributed by atoms with van der Waals surface area (Å²) in [6.07, 6.45) is 8.09. The van der Waals surface area contributed by atoms with Crippen molar-refractivity contribution in [1.82, 2.24) is 0 Å². The van der Waals surface area contributed by atoms with E-state index in [1.165, 1.54) is 5.57 Å². The van der Waals surface area contributed by atoms with Crippen LogP contribution in [0.4, 0.5) is 0 Å². The van der Waals surface area contributed by atoms with Crippen molar-refractivity contribution in [1.29, 1.82) is 0 Å². The third kappa shape index (κ3) is 2.44. The molecule has 26 heavy (non-hydrogen) atoms. The van der Waals surface area contributed by atoms with Crippen LogP contribution >= 0.6 is 0 Å². The zero-order valence-electron chi connectivity index (χ0n) is 16.2. The number of esters is 1. The lowest BCUT2D eigenvalue weighted by molar-refractivity contribution is -0.151. The van der Waals surface area contributed by atoms with Crippen molar-refractivity contribution in [3.63, 3.8) is 0 Å². The van der Waals surface area contributed by atoms with Crippen LogP contribution in [0.2, 0.25) is 0 Å². The molecule has 3 fully saturated rings. The van der Waals surface area contributed by atoms with E-state index in [0.29, 0.717) is 31.0 Å². The zero-order valence-corrected chi connectivity index (χ0v) is 16.2. The molecular weight excluding hydrogens is 328 g/mol. The maximum Gasteiger partial charge on any atom is 0.305 e. The van der Waals surface area contributed by atoms with Gasteiger partial charge in [-0.1, -0.05) is 26.3 Å². The van der Waals surface area contributed by atoms with Crippen LogP contribution in [-0.4, -0.2) is 23.6 Å². The van der Waals surface area contributed by atoms with E-state index in [4.69, 9.17) is 4.74 Å². The molecule has 0 radical (unpaired) electrons. The lowest BCUT2D eigenvalue weighted by Gasteiger charge is -2.56. The van der Waals surface area contributed by atoms with Crippen molar-refractivity contribution in [3.8, 4) is 0 Å². The topological polar surface area (TPSA) is 60.4 Å². The van der Waals surface area contributed by atoms with Gasteiger partial charge in [-0.3, -0.25) is 14.4 Å². The van der Waals surface area contributed by atoms with Crippen LogP contribution in [0, 0.1) is 28.6 Å². The van der Waals surface area contributed by atoms with Gasteiger partial charge in [-0.25, -0.2) is 0 Å². The maximum absolute atomic E-state index is 13.1. The van der Waals surface area contributed by atoms with Crippen LogP contribution in [0.15, 0.2) is 11.6 Å². The first-order valence-corrected chi connectivity index (χ1v) is 10.3. The highest BCUT2D eigenvalue weighted by molar-refractivity contribution is 5.96. The van der Waals surface area contributed by atoms with Gasteiger partial charge in [0.15, 0.2) is 5.78 Å². The molecule has 0 aliphatic heterocycles. The van der Waals surface area contributed by atoms with E-state index < -0.39 is 0 Å². The normalized spacial score (nSPS) is 44.7. The number of Topliss-reactive ketones (excluding diaryl/α,β-unsaturated/α-hetero) is 1. The standard InChI is InChI=1S/C22H30O4/c1-4-19(25)26-14-7-9-21(2)13(11-14)12-17(23)20-15-5-6-18(24)22(15,3)10-8-16(20)21/h12,14-16,20H,4-11H2,1-3H3/t14-,15-,16-,20-,21-,22-/m0/s1. The Kier molecular flexibility index (Phi) is 4.16. The van der Waals surface area contributed by atoms with Crippen molar-refractivity contribution in [2.45, 2.75) is 78.2 Å². The van der Waals surface area contributed by atoms with Crippen LogP contribution in [-0.2, 0) is 19.1 Å². The number of fused-ring (bicyclic) bond motifs is 5. The Labute approximate surface area is 155 Å². The van der Waals surface area contributed by atoms with Gasteiger partial charge >= 0.3 is 5.97 Å². The lowest BCUT2D eigenvalue weighted by atomic mass is 9.48. The fourth-order valence-corrected chi connectivity index (χ4v) is 6.51. The van der Waals surface area contributed by atoms with Gasteiger partial charge in [-0.2, -0.15) is 0 Å². The number of rotatable bonds is 2. The number of hydrogen-bond donors (Lipinski definition) is 0. The predicted octanol–water partition coefficient (Wildman–Crippen LogP) is 4.02. The monoisotopic (exact) mass is 358 g/mol. The van der Waals surface area contributed by atoms with Crippen molar-refractivity contribution >= 4 is 17.5 Å². The van der Waals surface area contributed by atoms with Gasteiger partial charge < -0.3 is 4.74 Å². The molecule has 0 spiro atoms. The summed E-state index contributed by atoms with van der Waals surface area (Å²) >= 11 is 0. The first-order chi connectivity index (χ1) is 12.3. The van der Waals surface area contributed by atoms with E-state index in [1.54, 1.807) is 0 Å². The summed E-state index contributed by atoms with van der Waals surface area (Å²) in [5, 5.41) is 0. The number of carbonyl (C=O) groups is 3. The minimum atomic E-state index is -0.285. The largest absolute Gasteiger partial charge is 0.462 e. The molecule has 0 heterocycles. The van der Waals surface area contributed by atoms with Crippen molar-refractivity contribution < 1.29 is 19.1 Å². The van der Waals surface area contributed by atoms with Crippen molar-refractivity contribution in [2.75, 3.05) is 0 Å². The van der Waals surface area contributed by atoms with Crippen LogP contribution in [0.3, 0.4) is 0 Å². The predicted molar refractivity (Wildman–Crippen MR) is 97.3 cm³/mol. The molecule has 142 valence electrons. The highest BCUT2D eigenvalue weighted by Gasteiger charge is 2.61. The molecule has 0 aromatic carbocycles. The molecular formula is C22H30O4. The van der Waals surface area contributed by atoms with Gasteiger partial charge in [0.05, 0.1) is 0 Å². The quantitative estimate of drug-likeness (QED) is 0.700. The fourth-order valence-electron chi connectivity index (χ4n) is 6.51. The molecule has 0 bridgehead atoms. The third-order valence-corrected chi connectivity index (χ3v) is 8.20. The Balaban J connectivity index is 1.63. The lowest BCUT2D eigenvalue weighted by Crippen LogP contribution is -2.53. The molecule has 3 saturated carbocycles. The SMILES string of the molecule is CCC(=O)O[C@H]1CC[C@@]2(C)C(=CC(=O)[C@@H]3[C@@H]2CC[C@]2(C)C(=O)CC[C@@H]32)C1. The molecule has 4 aliphatic rings. The average molecular weight is 358 g/mol. The van der Waals surface area contributed by atoms with Crippen LogP contribution in [0.1, 0.15) is 72.1 Å². The van der Waals surface area contributed by atoms with Crippen LogP contribution in [0.5, 0.6) is 0 Å². The molecule has 0 unspecified atom stereocenters. The summed E-state index contributed by atoms with van der Waals surface area (Å²) in [4.78, 5) is 37.2. The Bertz CT molecular complexity index is 692. The fraction of sp³-hybridized carbons (Fsp3) is 0.773. The maximum atomic E-state index is 13.1. The molecule has 0 saturated heterocycles. The molecule has 0 amide bonds. The minimum Gasteiger partial charge on any atom is -0.462 e. The molecule has 4 aliphatic carbocycles. The highest BCUT2D eigenvalue weighted by atomic mass is 16.5. The molecule has 0 aromatic heterocycles. The van der Waals surface area contributed by atoms with E-state index in [0.717, 1.165) is 32.1 Å². The molecule has 6 atom stereocenters. The number of ether oxygens (including phenoxy) is 1. The molecule has 4 rings (SSSR count). The van der Waals surface area contributed by atoms with Gasteiger partial charge in [0.2, 0.25) is 0 Å². The van der Waals surface area contributed by atoms with Crippen molar-refractivity contribution in [2.24, 2.45) is 28.6 Å². The van der Waals surface area contributed by atoms with E-state index in [9.17, 15) is 14.4 Å². The Morgan fingerprint density at radius 3 is 2.54 bits per heavy atom. The second-order valence-corrected chi connectivity index (χ2v) is 9.35. The van der Waals surface area contributed by atoms with Crippen LogP contribution < -0.4 is 0 Å². The average Bonchev–Trinajstić information content (AvgIpc) is 2.91. The Hall–Kier alpha value is -1.45. The first-order valence-electron chi connectivity index (χ1n) is 10.3. The van der Waals surface area contributed by atoms with Crippen LogP contribution in [0.25, 0.3) is 0 Å². The van der Waals surface area contributed by atoms with Gasteiger partial charge in [0, 0.05) is 30.6 Å². The second kappa shape index (κ2) is 6.03. The van der Waals surface area contributed by atoms with E-state index in [1.807, 2.05) is 13.0 Å². The highest BCUT2D eigenvalue weighted by Crippen LogP contribution is 2.63. The second-order valence-electron chi connectivity index (χ2n) is 9.35. The van der Waals surface area contributed by atoms with E-state index in [2.05, 4.69) is 13.8 Å². The minimum absolute atomic E-state index is 0.00342. The first kappa shape index (κ1) is 17.9. The summed E-state index contributed by atoms with van der Waals surface area (Å²) in [5.41, 5.74) is 0.907. The third-order valence-electron chi connectivity index (χ3n) is 8.20. The van der Waals surface area contributed by atoms with Gasteiger partial charge in [-0.05, 0) is 55.4 Å². The summed E-state index contributed by atoms with van der Waals surface area (Å²) in [5.74, 6) is 0.980. The summed E-state index contributed by atoms with van der Waals surface area (Å²) in [6, 6.07) is 0. The number of ketones is 2. The molecule has 4 nitrogen and oxygen atoms in total. The number of carbonyl (C=O) groups excluding carboxylic acids is 3. The molecule has 0 N–H and O–H groups in total. The van der Waals surface area contributed by atoms with Gasteiger partial charge in [0.1, 0.15) is 11.9 Å². The van der Waals surface area contributed by atoms with E-state index >= 15 is 0 Å². The smallest absolute Gasteiger partial charge is 0.305 e. The molecule has 0 aromatic rings. The summed E-state index contributed by atoms with van der Waals surface area (Å²) in [6.45, 7) is 6.21. The van der Waals surface area contributed by atoms with Crippen molar-refractivity contribution in [3.05, 3.63) is 11.6 Å². The Morgan fingerprint density at radius 1 is 1.12 bits per heavy atom. The number of hydrogen-bond acceptors (Lipinski definition) is 4. The summed E-state index contributed by atoms with van der Waals surface area (Å²) in [7, 11) is 0. The Morgan fingerprint density at radius 2 is 1.81 bits per heavy atom. The van der Waals surface area contributed by atoms with E-state index in [-0.39, 0.29) is 40.5 Å². The zero-order chi connectivity index (χ0) is 18.7. The number of allylic oxidation sites excluding steroid dienone is 1. The molecule has 4 heteroatoms.